The molecule has 6 unspecified atom stereocenters. The molecule has 0 aromatic carbocycles. The first-order chi connectivity index (χ1) is 28.0. The number of phosphoric ester groups is 1. The van der Waals surface area contributed by atoms with Gasteiger partial charge in [-0.15, -0.1) is 0 Å². The Morgan fingerprint density at radius 2 is 1.02 bits per heavy atom. The van der Waals surface area contributed by atoms with E-state index in [1.807, 2.05) is 0 Å². The Labute approximate surface area is 350 Å². The van der Waals surface area contributed by atoms with Crippen molar-refractivity contribution in [3.05, 3.63) is 48.6 Å². The maximum atomic E-state index is 12.8. The molecule has 0 spiro atoms. The Balaban J connectivity index is 2.43. The summed E-state index contributed by atoms with van der Waals surface area (Å²) in [6.07, 6.45) is 30.3. The van der Waals surface area contributed by atoms with Gasteiger partial charge in [-0.1, -0.05) is 159 Å². The Morgan fingerprint density at radius 1 is 0.569 bits per heavy atom. The van der Waals surface area contributed by atoms with Gasteiger partial charge in [0, 0.05) is 13.0 Å². The minimum absolute atomic E-state index is 0.0860. The summed E-state index contributed by atoms with van der Waals surface area (Å²) >= 11 is 0. The Morgan fingerprint density at radius 3 is 1.55 bits per heavy atom. The van der Waals surface area contributed by atoms with E-state index in [1.165, 1.54) is 70.6 Å². The highest BCUT2D eigenvalue weighted by atomic mass is 31.2. The molecule has 0 bridgehead atoms. The average molecular weight is 845 g/mol. The fourth-order valence-electron chi connectivity index (χ4n) is 6.64. The average Bonchev–Trinajstić information content (AvgIpc) is 3.21. The zero-order valence-electron chi connectivity index (χ0n) is 35.8. The zero-order chi connectivity index (χ0) is 42.7. The van der Waals surface area contributed by atoms with E-state index < -0.39 is 63.1 Å². The second-order valence-corrected chi connectivity index (χ2v) is 16.9. The van der Waals surface area contributed by atoms with Gasteiger partial charge in [0.15, 0.2) is 0 Å². The van der Waals surface area contributed by atoms with Crippen molar-refractivity contribution in [2.75, 3.05) is 19.8 Å². The summed E-state index contributed by atoms with van der Waals surface area (Å²) in [4.78, 5) is 23.1. The van der Waals surface area contributed by atoms with E-state index in [1.54, 1.807) is 0 Å². The van der Waals surface area contributed by atoms with Gasteiger partial charge in [0.1, 0.15) is 42.7 Å². The number of esters is 1. The molecule has 0 radical (unpaired) electrons. The fraction of sp³-hybridized carbons (Fsp3) is 0.800. The molecular formula is C45H81O12P. The molecule has 1 aliphatic rings. The van der Waals surface area contributed by atoms with Crippen LogP contribution in [0.25, 0.3) is 0 Å². The first kappa shape index (κ1) is 54.3. The summed E-state index contributed by atoms with van der Waals surface area (Å²) in [6, 6.07) is 0. The van der Waals surface area contributed by atoms with Gasteiger partial charge in [-0.3, -0.25) is 13.8 Å². The summed E-state index contributed by atoms with van der Waals surface area (Å²) in [5.41, 5.74) is 0. The van der Waals surface area contributed by atoms with Gasteiger partial charge in [0.25, 0.3) is 0 Å². The molecule has 0 aromatic rings. The lowest BCUT2D eigenvalue weighted by atomic mass is 9.85. The molecule has 1 rings (SSSR count). The predicted molar refractivity (Wildman–Crippen MR) is 230 cm³/mol. The molecule has 1 fully saturated rings. The van der Waals surface area contributed by atoms with Crippen molar-refractivity contribution in [3.8, 4) is 0 Å². The predicted octanol–water partition coefficient (Wildman–Crippen LogP) is 8.86. The van der Waals surface area contributed by atoms with Crippen LogP contribution in [0, 0.1) is 0 Å². The smallest absolute Gasteiger partial charge is 0.457 e. The van der Waals surface area contributed by atoms with Crippen LogP contribution >= 0.6 is 7.82 Å². The minimum atomic E-state index is -5.02. The Bertz CT molecular complexity index is 1140. The molecule has 0 aliphatic heterocycles. The Hall–Kier alpha value is -1.70. The number of hydrogen-bond acceptors (Lipinski definition) is 11. The molecule has 1 aliphatic carbocycles. The summed E-state index contributed by atoms with van der Waals surface area (Å²) in [6.45, 7) is 4.12. The topological polar surface area (TPSA) is 192 Å². The van der Waals surface area contributed by atoms with Crippen LogP contribution in [-0.4, -0.2) is 98.9 Å². The van der Waals surface area contributed by atoms with Crippen LogP contribution in [0.3, 0.4) is 0 Å². The highest BCUT2D eigenvalue weighted by molar-refractivity contribution is 7.47. The van der Waals surface area contributed by atoms with E-state index in [2.05, 4.69) is 62.5 Å². The molecule has 0 aromatic heterocycles. The van der Waals surface area contributed by atoms with Gasteiger partial charge in [-0.05, 0) is 51.4 Å². The highest BCUT2D eigenvalue weighted by Gasteiger charge is 2.51. The van der Waals surface area contributed by atoms with Crippen molar-refractivity contribution in [1.29, 1.82) is 0 Å². The van der Waals surface area contributed by atoms with Crippen LogP contribution in [0.1, 0.15) is 168 Å². The molecule has 0 amide bonds. The number of aliphatic hydroxyl groups excluding tert-OH is 5. The number of unbranched alkanes of at least 4 members (excludes halogenated alkanes) is 17. The lowest BCUT2D eigenvalue weighted by molar-refractivity contribution is -0.220. The minimum Gasteiger partial charge on any atom is -0.457 e. The maximum Gasteiger partial charge on any atom is 0.472 e. The third-order valence-electron chi connectivity index (χ3n) is 10.2. The lowest BCUT2D eigenvalue weighted by Gasteiger charge is -2.41. The van der Waals surface area contributed by atoms with E-state index in [0.717, 1.165) is 70.6 Å². The second kappa shape index (κ2) is 36.0. The number of hydrogen-bond donors (Lipinski definition) is 6. The van der Waals surface area contributed by atoms with Crippen molar-refractivity contribution in [2.45, 2.75) is 211 Å². The molecule has 58 heavy (non-hydrogen) atoms. The normalized spacial score (nSPS) is 23.1. The summed E-state index contributed by atoms with van der Waals surface area (Å²) < 4.78 is 34.1. The van der Waals surface area contributed by atoms with Crippen molar-refractivity contribution in [3.63, 3.8) is 0 Å². The van der Waals surface area contributed by atoms with Gasteiger partial charge < -0.3 is 39.9 Å². The molecular weight excluding hydrogens is 763 g/mol. The quantitative estimate of drug-likeness (QED) is 0.0151. The SMILES string of the molecule is CC/C=C\C/C=C\C/C=C\C/C=C\CCCCCCC(=O)OC(COCCCCCCCCCCCCCCCC)COP(=O)(O)OC1C(O)C(O)C(O)C(O)C1O. The lowest BCUT2D eigenvalue weighted by Crippen LogP contribution is -2.64. The van der Waals surface area contributed by atoms with Crippen LogP contribution in [0.15, 0.2) is 48.6 Å². The van der Waals surface area contributed by atoms with Crippen LogP contribution in [0.2, 0.25) is 0 Å². The number of rotatable bonds is 37. The van der Waals surface area contributed by atoms with E-state index >= 15 is 0 Å². The van der Waals surface area contributed by atoms with Crippen LogP contribution in [0.4, 0.5) is 0 Å². The van der Waals surface area contributed by atoms with Crippen molar-refractivity contribution < 1.29 is 58.3 Å². The summed E-state index contributed by atoms with van der Waals surface area (Å²) in [5, 5.41) is 50.1. The number of allylic oxidation sites excluding steroid dienone is 8. The van der Waals surface area contributed by atoms with Crippen molar-refractivity contribution >= 4 is 13.8 Å². The van der Waals surface area contributed by atoms with Gasteiger partial charge in [-0.25, -0.2) is 4.57 Å². The maximum absolute atomic E-state index is 12.8. The number of carbonyl (C=O) groups excluding carboxylic acids is 1. The monoisotopic (exact) mass is 845 g/mol. The van der Waals surface area contributed by atoms with Gasteiger partial charge in [0.2, 0.25) is 0 Å². The molecule has 12 nitrogen and oxygen atoms in total. The third kappa shape index (κ3) is 27.9. The van der Waals surface area contributed by atoms with Crippen LogP contribution in [0.5, 0.6) is 0 Å². The molecule has 6 atom stereocenters. The molecule has 0 heterocycles. The van der Waals surface area contributed by atoms with E-state index in [-0.39, 0.29) is 13.0 Å². The first-order valence-corrected chi connectivity index (χ1v) is 24.0. The first-order valence-electron chi connectivity index (χ1n) is 22.5. The van der Waals surface area contributed by atoms with E-state index in [4.69, 9.17) is 18.5 Å². The van der Waals surface area contributed by atoms with Gasteiger partial charge in [0.05, 0.1) is 13.2 Å². The zero-order valence-corrected chi connectivity index (χ0v) is 36.7. The molecule has 1 saturated carbocycles. The molecule has 6 N–H and O–H groups in total. The highest BCUT2D eigenvalue weighted by Crippen LogP contribution is 2.47. The molecule has 13 heteroatoms. The number of carbonyl (C=O) groups is 1. The standard InChI is InChI=1S/C45H81O12P/c1-3-5-7-9-11-13-15-17-19-20-21-22-24-26-28-30-32-34-39(46)56-38(36-54-35-33-31-29-27-25-23-18-16-14-12-10-8-6-4-2)37-55-58(52,53)57-45-43(50)41(48)40(47)42(49)44(45)51/h5,7,11,13,17,19,21-22,38,40-45,47-51H,3-4,6,8-10,12,14-16,18,20,23-37H2,1-2H3,(H,52,53)/b7-5-,13-11-,19-17-,22-21-. The van der Waals surface area contributed by atoms with Crippen molar-refractivity contribution in [1.82, 2.24) is 0 Å². The van der Waals surface area contributed by atoms with Crippen LogP contribution in [-0.2, 0) is 27.9 Å². The van der Waals surface area contributed by atoms with Crippen LogP contribution < -0.4 is 0 Å². The number of aliphatic hydroxyl groups is 5. The summed E-state index contributed by atoms with van der Waals surface area (Å²) in [7, 11) is -5.02. The molecule has 338 valence electrons. The van der Waals surface area contributed by atoms with Gasteiger partial charge in [-0.2, -0.15) is 0 Å². The molecule has 0 saturated heterocycles. The number of phosphoric acid groups is 1. The third-order valence-corrected chi connectivity index (χ3v) is 11.2. The Kier molecular flexibility index (Phi) is 33.7. The summed E-state index contributed by atoms with van der Waals surface area (Å²) in [5.74, 6) is -0.500. The largest absolute Gasteiger partial charge is 0.472 e. The van der Waals surface area contributed by atoms with E-state index in [9.17, 15) is 39.8 Å². The van der Waals surface area contributed by atoms with Crippen molar-refractivity contribution in [2.24, 2.45) is 0 Å². The number of ether oxygens (including phenoxy) is 2. The fourth-order valence-corrected chi connectivity index (χ4v) is 7.61. The second-order valence-electron chi connectivity index (χ2n) is 15.5. The van der Waals surface area contributed by atoms with E-state index in [0.29, 0.717) is 13.0 Å². The van der Waals surface area contributed by atoms with Gasteiger partial charge >= 0.3 is 13.8 Å².